The van der Waals surface area contributed by atoms with Gasteiger partial charge in [0, 0.05) is 50.9 Å². The summed E-state index contributed by atoms with van der Waals surface area (Å²) in [6, 6.07) is -0.235. The molecule has 0 aliphatic heterocycles. The molecule has 54 heavy (non-hydrogen) atoms. The molecule has 2 aliphatic carbocycles. The highest BCUT2D eigenvalue weighted by Crippen LogP contribution is 2.47. The van der Waals surface area contributed by atoms with E-state index in [1.54, 1.807) is 19.1 Å². The van der Waals surface area contributed by atoms with E-state index >= 15 is 0 Å². The summed E-state index contributed by atoms with van der Waals surface area (Å²) in [6.07, 6.45) is 4.87. The van der Waals surface area contributed by atoms with Gasteiger partial charge in [0.05, 0.1) is 31.9 Å². The zero-order valence-electron chi connectivity index (χ0n) is 33.8. The fourth-order valence-corrected chi connectivity index (χ4v) is 8.33. The first-order valence-corrected chi connectivity index (χ1v) is 19.4. The molecule has 8 atom stereocenters. The second kappa shape index (κ2) is 18.1. The van der Waals surface area contributed by atoms with Crippen LogP contribution in [-0.2, 0) is 14.3 Å². The Morgan fingerprint density at radius 1 is 1.13 bits per heavy atom. The van der Waals surface area contributed by atoms with Crippen LogP contribution in [0.2, 0.25) is 0 Å². The number of aromatic nitrogens is 3. The number of hydrogen-bond donors (Lipinski definition) is 3. The van der Waals surface area contributed by atoms with Gasteiger partial charge in [-0.1, -0.05) is 53.2 Å². The lowest BCUT2D eigenvalue weighted by Gasteiger charge is -2.45. The highest BCUT2D eigenvalue weighted by atomic mass is 16.6. The van der Waals surface area contributed by atoms with Gasteiger partial charge >= 0.3 is 12.1 Å². The Labute approximate surface area is 320 Å². The number of esters is 1. The van der Waals surface area contributed by atoms with Gasteiger partial charge in [-0.15, -0.1) is 0 Å². The number of ether oxygens (including phenoxy) is 3. The molecule has 300 valence electrons. The summed E-state index contributed by atoms with van der Waals surface area (Å²) in [4.78, 5) is 52.8. The number of hydrogen-bond acceptors (Lipinski definition) is 9. The number of H-pyrrole nitrogens is 1. The first kappa shape index (κ1) is 42.8. The Kier molecular flexibility index (Phi) is 14.4. The van der Waals surface area contributed by atoms with Gasteiger partial charge in [0.2, 0.25) is 11.8 Å². The Morgan fingerprint density at radius 3 is 2.35 bits per heavy atom. The van der Waals surface area contributed by atoms with Gasteiger partial charge in [-0.3, -0.25) is 9.89 Å². The van der Waals surface area contributed by atoms with Gasteiger partial charge in [0.1, 0.15) is 17.5 Å². The number of aliphatic hydroxyl groups excluding tert-OH is 2. The molecule has 2 fully saturated rings. The molecule has 0 spiro atoms. The summed E-state index contributed by atoms with van der Waals surface area (Å²) in [6.45, 7) is 23.9. The Bertz CT molecular complexity index is 1690. The van der Waals surface area contributed by atoms with E-state index < -0.39 is 18.2 Å². The van der Waals surface area contributed by atoms with Crippen LogP contribution >= 0.6 is 0 Å². The number of fused-ring (bicyclic) bond motifs is 1. The van der Waals surface area contributed by atoms with E-state index in [4.69, 9.17) is 25.8 Å². The second-order valence-electron chi connectivity index (χ2n) is 16.6. The van der Waals surface area contributed by atoms with Crippen LogP contribution < -0.4 is 4.74 Å². The number of nitrogens with zero attached hydrogens (tertiary/aromatic N) is 5. The molecule has 0 aromatic carbocycles. The summed E-state index contributed by atoms with van der Waals surface area (Å²) >= 11 is 0. The SMILES string of the molecule is [C-]#[N+]c1c(C(=O)OC2C(C=C(C)C)CC(C)CC2C(C)(C)C)c2nc(C3CCC(OC)C(N(C)C(=O)C(C)CC)C3)[nH]n2c1OC(=O)N(CCO)CCO. The van der Waals surface area contributed by atoms with E-state index in [2.05, 4.69) is 43.7 Å². The van der Waals surface area contributed by atoms with Crippen LogP contribution in [0.1, 0.15) is 116 Å². The lowest BCUT2D eigenvalue weighted by Crippen LogP contribution is -2.50. The average Bonchev–Trinajstić information content (AvgIpc) is 3.67. The number of likely N-dealkylation sites (N-methyl/N-ethyl adjacent to an activating group) is 1. The zero-order chi connectivity index (χ0) is 40.1. The van der Waals surface area contributed by atoms with Crippen molar-refractivity contribution in [3.8, 4) is 5.88 Å². The Hall–Kier alpha value is -3.93. The largest absolute Gasteiger partial charge is 0.459 e. The van der Waals surface area contributed by atoms with Crippen molar-refractivity contribution < 1.29 is 38.8 Å². The number of rotatable bonds is 13. The van der Waals surface area contributed by atoms with E-state index in [9.17, 15) is 24.6 Å². The van der Waals surface area contributed by atoms with Gasteiger partial charge in [0.25, 0.3) is 5.69 Å². The predicted octanol–water partition coefficient (Wildman–Crippen LogP) is 6.35. The molecular formula is C40H62N6O8. The molecule has 2 aliphatic rings. The van der Waals surface area contributed by atoms with Crippen molar-refractivity contribution in [3.05, 3.63) is 34.5 Å². The number of carbonyl (C=O) groups is 3. The highest BCUT2D eigenvalue weighted by molar-refractivity contribution is 6.05. The molecule has 2 aromatic rings. The minimum Gasteiger partial charge on any atom is -0.459 e. The van der Waals surface area contributed by atoms with E-state index in [0.29, 0.717) is 37.4 Å². The molecule has 0 bridgehead atoms. The lowest BCUT2D eigenvalue weighted by atomic mass is 9.64. The Balaban J connectivity index is 1.84. The van der Waals surface area contributed by atoms with Crippen molar-refractivity contribution in [2.24, 2.45) is 29.1 Å². The van der Waals surface area contributed by atoms with Crippen molar-refractivity contribution in [1.29, 1.82) is 0 Å². The Morgan fingerprint density at radius 2 is 1.80 bits per heavy atom. The number of carbonyl (C=O) groups excluding carboxylic acids is 3. The quantitative estimate of drug-likeness (QED) is 0.120. The molecule has 2 heterocycles. The maximum atomic E-state index is 14.6. The number of aliphatic hydroxyl groups is 2. The van der Waals surface area contributed by atoms with Crippen LogP contribution in [0.3, 0.4) is 0 Å². The average molecular weight is 755 g/mol. The van der Waals surface area contributed by atoms with Crippen LogP contribution in [0.4, 0.5) is 10.5 Å². The van der Waals surface area contributed by atoms with Gasteiger partial charge in [-0.05, 0) is 63.7 Å². The normalized spacial score (nSPS) is 25.1. The molecule has 2 saturated carbocycles. The van der Waals surface area contributed by atoms with Crippen molar-refractivity contribution in [1.82, 2.24) is 24.4 Å². The minimum absolute atomic E-state index is 0.0286. The van der Waals surface area contributed by atoms with Gasteiger partial charge in [-0.25, -0.2) is 23.9 Å². The maximum Gasteiger partial charge on any atom is 0.415 e. The summed E-state index contributed by atoms with van der Waals surface area (Å²) in [5.41, 5.74) is 0.678. The van der Waals surface area contributed by atoms with Crippen molar-refractivity contribution >= 4 is 29.3 Å². The summed E-state index contributed by atoms with van der Waals surface area (Å²) in [5.74, 6) is -0.372. The first-order chi connectivity index (χ1) is 25.5. The maximum absolute atomic E-state index is 14.6. The van der Waals surface area contributed by atoms with E-state index in [-0.39, 0.29) is 96.2 Å². The molecule has 0 saturated heterocycles. The first-order valence-electron chi connectivity index (χ1n) is 19.4. The second-order valence-corrected chi connectivity index (χ2v) is 16.6. The lowest BCUT2D eigenvalue weighted by molar-refractivity contribution is -0.140. The van der Waals surface area contributed by atoms with E-state index in [0.717, 1.165) is 23.3 Å². The monoisotopic (exact) mass is 754 g/mol. The third kappa shape index (κ3) is 9.29. The summed E-state index contributed by atoms with van der Waals surface area (Å²) < 4.78 is 19.5. The molecule has 2 aromatic heterocycles. The highest BCUT2D eigenvalue weighted by Gasteiger charge is 2.45. The molecular weight excluding hydrogens is 692 g/mol. The van der Waals surface area contributed by atoms with Crippen molar-refractivity contribution in [3.63, 3.8) is 0 Å². The minimum atomic E-state index is -0.915. The fourth-order valence-electron chi connectivity index (χ4n) is 8.33. The number of allylic oxidation sites excluding steroid dienone is 1. The standard InChI is InChI=1S/C40H62N6O8/c1-12-25(5)36(49)44(10)29-22-26(13-14-30(29)52-11)34-42-35-31(32(41-9)37(46(35)43-34)54-39(51)45(15-17-47)16-18-48)38(50)53-33-27(19-23(2)3)20-24(4)21-28(33)40(6,7)8/h19,24-30,33,47-48H,12-18,20-22H2,1-8,10-11H3,(H,42,43). The third-order valence-corrected chi connectivity index (χ3v) is 11.4. The van der Waals surface area contributed by atoms with Gasteiger partial charge in [0.15, 0.2) is 5.65 Å². The van der Waals surface area contributed by atoms with Crippen LogP contribution in [0.5, 0.6) is 5.88 Å². The predicted molar refractivity (Wildman–Crippen MR) is 204 cm³/mol. The fraction of sp³-hybridized carbons (Fsp3) is 0.725. The van der Waals surface area contributed by atoms with E-state index in [1.807, 2.05) is 27.7 Å². The smallest absolute Gasteiger partial charge is 0.415 e. The molecule has 8 unspecified atom stereocenters. The van der Waals surface area contributed by atoms with E-state index in [1.165, 1.54) is 4.52 Å². The molecule has 2 amide bonds. The number of aromatic amines is 1. The molecule has 3 N–H and O–H groups in total. The van der Waals surface area contributed by atoms with Crippen LogP contribution in [0, 0.1) is 35.7 Å². The molecule has 14 heteroatoms. The molecule has 4 rings (SSSR count). The van der Waals surface area contributed by atoms with Crippen LogP contribution in [0.15, 0.2) is 11.6 Å². The van der Waals surface area contributed by atoms with Crippen LogP contribution in [-0.4, -0.2) is 111 Å². The topological polar surface area (TPSA) is 163 Å². The number of methoxy groups -OCH3 is 1. The summed E-state index contributed by atoms with van der Waals surface area (Å²) in [7, 11) is 3.45. The zero-order valence-corrected chi connectivity index (χ0v) is 33.8. The number of amides is 2. The van der Waals surface area contributed by atoms with Crippen LogP contribution in [0.25, 0.3) is 10.5 Å². The van der Waals surface area contributed by atoms with Crippen molar-refractivity contribution in [2.45, 2.75) is 118 Å². The number of nitrogens with one attached hydrogen (secondary N) is 1. The van der Waals surface area contributed by atoms with Gasteiger partial charge < -0.3 is 34.2 Å². The van der Waals surface area contributed by atoms with Gasteiger partial charge in [-0.2, -0.15) is 0 Å². The molecule has 14 nitrogen and oxygen atoms in total. The van der Waals surface area contributed by atoms with Crippen molar-refractivity contribution in [2.75, 3.05) is 40.5 Å². The molecule has 0 radical (unpaired) electrons. The third-order valence-electron chi connectivity index (χ3n) is 11.4. The summed E-state index contributed by atoms with van der Waals surface area (Å²) in [5, 5.41) is 22.4.